The lowest BCUT2D eigenvalue weighted by Crippen LogP contribution is -2.29. The van der Waals surface area contributed by atoms with Crippen molar-refractivity contribution in [3.05, 3.63) is 65.5 Å². The molecule has 2 aromatic rings. The van der Waals surface area contributed by atoms with Crippen molar-refractivity contribution in [3.8, 4) is 0 Å². The molecule has 0 bridgehead atoms. The van der Waals surface area contributed by atoms with Gasteiger partial charge in [-0.1, -0.05) is 12.1 Å². The van der Waals surface area contributed by atoms with E-state index in [0.29, 0.717) is 11.3 Å². The van der Waals surface area contributed by atoms with Crippen molar-refractivity contribution in [3.63, 3.8) is 0 Å². The number of nitrogens with one attached hydrogen (secondary N) is 2. The van der Waals surface area contributed by atoms with E-state index in [-0.39, 0.29) is 11.3 Å². The van der Waals surface area contributed by atoms with E-state index >= 15 is 0 Å². The molecule has 0 unspecified atom stereocenters. The molecule has 0 aliphatic heterocycles. The van der Waals surface area contributed by atoms with Crippen LogP contribution in [0, 0.1) is 5.82 Å². The smallest absolute Gasteiger partial charge is 0.318 e. The number of carbonyl (C=O) groups is 2. The van der Waals surface area contributed by atoms with Gasteiger partial charge in [0.1, 0.15) is 5.82 Å². The van der Waals surface area contributed by atoms with Gasteiger partial charge >= 0.3 is 12.1 Å². The molecule has 2 rings (SSSR count). The van der Waals surface area contributed by atoms with E-state index in [4.69, 9.17) is 0 Å². The molecule has 0 spiro atoms. The Morgan fingerprint density at radius 3 is 2.27 bits per heavy atom. The molecular formula is C17H13F4N3O2. The highest BCUT2D eigenvalue weighted by atomic mass is 19.4. The summed E-state index contributed by atoms with van der Waals surface area (Å²) >= 11 is 0. The molecule has 0 aliphatic rings. The first-order valence-corrected chi connectivity index (χ1v) is 7.25. The lowest BCUT2D eigenvalue weighted by molar-refractivity contribution is -0.167. The van der Waals surface area contributed by atoms with Gasteiger partial charge in [-0.3, -0.25) is 9.59 Å². The molecule has 2 amide bonds. The van der Waals surface area contributed by atoms with Crippen LogP contribution in [-0.2, 0) is 4.79 Å². The summed E-state index contributed by atoms with van der Waals surface area (Å²) in [7, 11) is 0. The van der Waals surface area contributed by atoms with Crippen molar-refractivity contribution >= 4 is 23.2 Å². The summed E-state index contributed by atoms with van der Waals surface area (Å²) in [5.74, 6) is -3.15. The quantitative estimate of drug-likeness (QED) is 0.493. The van der Waals surface area contributed by atoms with E-state index in [0.717, 1.165) is 12.1 Å². The fourth-order valence-corrected chi connectivity index (χ4v) is 1.89. The SMILES string of the molecule is CC(=NNC(=O)c1ccc(F)cc1)c1cccc(NC(=O)C(F)(F)F)c1. The topological polar surface area (TPSA) is 70.6 Å². The van der Waals surface area contributed by atoms with Gasteiger partial charge in [0.05, 0.1) is 5.71 Å². The fraction of sp³-hybridized carbons (Fsp3) is 0.118. The van der Waals surface area contributed by atoms with Crippen LogP contribution in [0.15, 0.2) is 53.6 Å². The number of hydrogen-bond donors (Lipinski definition) is 2. The van der Waals surface area contributed by atoms with Gasteiger partial charge in [-0.15, -0.1) is 0 Å². The molecule has 2 N–H and O–H groups in total. The first kappa shape index (κ1) is 19.1. The molecule has 0 radical (unpaired) electrons. The Kier molecular flexibility index (Phi) is 5.71. The summed E-state index contributed by atoms with van der Waals surface area (Å²) < 4.78 is 49.7. The van der Waals surface area contributed by atoms with Gasteiger partial charge in [0.25, 0.3) is 5.91 Å². The number of hydrogen-bond acceptors (Lipinski definition) is 3. The van der Waals surface area contributed by atoms with Crippen LogP contribution in [0.1, 0.15) is 22.8 Å². The van der Waals surface area contributed by atoms with Gasteiger partial charge in [-0.05, 0) is 48.9 Å². The van der Waals surface area contributed by atoms with Crippen LogP contribution in [0.2, 0.25) is 0 Å². The second-order valence-corrected chi connectivity index (χ2v) is 5.18. The lowest BCUT2D eigenvalue weighted by atomic mass is 10.1. The van der Waals surface area contributed by atoms with Crippen LogP contribution in [0.5, 0.6) is 0 Å². The monoisotopic (exact) mass is 367 g/mol. The Labute approximate surface area is 145 Å². The molecule has 5 nitrogen and oxygen atoms in total. The number of rotatable bonds is 4. The zero-order valence-electron chi connectivity index (χ0n) is 13.4. The Morgan fingerprint density at radius 2 is 1.65 bits per heavy atom. The number of hydrazone groups is 1. The lowest BCUT2D eigenvalue weighted by Gasteiger charge is -2.09. The summed E-state index contributed by atoms with van der Waals surface area (Å²) in [4.78, 5) is 22.9. The van der Waals surface area contributed by atoms with E-state index in [9.17, 15) is 27.2 Å². The van der Waals surface area contributed by atoms with Crippen molar-refractivity contribution < 1.29 is 27.2 Å². The summed E-state index contributed by atoms with van der Waals surface area (Å²) in [6.07, 6.45) is -5.00. The molecular weight excluding hydrogens is 354 g/mol. The molecule has 0 saturated heterocycles. The average molecular weight is 367 g/mol. The minimum Gasteiger partial charge on any atom is -0.318 e. The number of alkyl halides is 3. The van der Waals surface area contributed by atoms with E-state index < -0.39 is 23.8 Å². The standard InChI is InChI=1S/C17H13F4N3O2/c1-10(23-24-15(25)11-5-7-13(18)8-6-11)12-3-2-4-14(9-12)22-16(26)17(19,20)21/h2-9H,1H3,(H,22,26)(H,24,25). The Hall–Kier alpha value is -3.23. The highest BCUT2D eigenvalue weighted by Gasteiger charge is 2.38. The molecule has 0 aromatic heterocycles. The molecule has 0 fully saturated rings. The van der Waals surface area contributed by atoms with Crippen molar-refractivity contribution in [2.24, 2.45) is 5.10 Å². The third kappa shape index (κ3) is 5.13. The van der Waals surface area contributed by atoms with Crippen LogP contribution < -0.4 is 10.7 Å². The number of carbonyl (C=O) groups excluding carboxylic acids is 2. The van der Waals surface area contributed by atoms with Gasteiger partial charge in [-0.25, -0.2) is 9.82 Å². The molecule has 0 aliphatic carbocycles. The molecule has 0 saturated carbocycles. The zero-order valence-corrected chi connectivity index (χ0v) is 13.4. The van der Waals surface area contributed by atoms with Gasteiger partial charge in [0.2, 0.25) is 0 Å². The third-order valence-electron chi connectivity index (χ3n) is 3.23. The van der Waals surface area contributed by atoms with Crippen LogP contribution in [0.3, 0.4) is 0 Å². The predicted molar refractivity (Wildman–Crippen MR) is 87.2 cm³/mol. The summed E-state index contributed by atoms with van der Waals surface area (Å²) in [6.45, 7) is 1.52. The van der Waals surface area contributed by atoms with Crippen molar-refractivity contribution in [1.29, 1.82) is 0 Å². The van der Waals surface area contributed by atoms with Crippen LogP contribution in [-0.4, -0.2) is 23.7 Å². The number of anilines is 1. The normalized spacial score (nSPS) is 11.8. The Balaban J connectivity index is 2.09. The van der Waals surface area contributed by atoms with E-state index in [1.807, 2.05) is 0 Å². The first-order valence-electron chi connectivity index (χ1n) is 7.25. The zero-order chi connectivity index (χ0) is 19.3. The molecule has 136 valence electrons. The number of amides is 2. The van der Waals surface area contributed by atoms with E-state index in [1.54, 1.807) is 11.4 Å². The molecule has 26 heavy (non-hydrogen) atoms. The fourth-order valence-electron chi connectivity index (χ4n) is 1.89. The first-order chi connectivity index (χ1) is 12.2. The largest absolute Gasteiger partial charge is 0.471 e. The van der Waals surface area contributed by atoms with Crippen molar-refractivity contribution in [2.45, 2.75) is 13.1 Å². The number of benzene rings is 2. The van der Waals surface area contributed by atoms with E-state index in [1.165, 1.54) is 37.3 Å². The van der Waals surface area contributed by atoms with Gasteiger partial charge in [0, 0.05) is 11.3 Å². The van der Waals surface area contributed by atoms with Crippen molar-refractivity contribution in [2.75, 3.05) is 5.32 Å². The maximum Gasteiger partial charge on any atom is 0.471 e. The minimum atomic E-state index is -5.00. The maximum atomic E-state index is 12.8. The van der Waals surface area contributed by atoms with Gasteiger partial charge in [-0.2, -0.15) is 18.3 Å². The maximum absolute atomic E-state index is 12.8. The third-order valence-corrected chi connectivity index (χ3v) is 3.23. The number of nitrogens with zero attached hydrogens (tertiary/aromatic N) is 1. The molecule has 2 aromatic carbocycles. The molecule has 0 atom stereocenters. The van der Waals surface area contributed by atoms with E-state index in [2.05, 4.69) is 10.5 Å². The highest BCUT2D eigenvalue weighted by Crippen LogP contribution is 2.19. The summed E-state index contributed by atoms with van der Waals surface area (Å²) in [5.41, 5.74) is 3.07. The number of halogens is 4. The van der Waals surface area contributed by atoms with Gasteiger partial charge in [0.15, 0.2) is 0 Å². The second kappa shape index (κ2) is 7.77. The van der Waals surface area contributed by atoms with Gasteiger partial charge < -0.3 is 5.32 Å². The summed E-state index contributed by atoms with van der Waals surface area (Å²) in [6, 6.07) is 10.4. The average Bonchev–Trinajstić information content (AvgIpc) is 2.59. The molecule has 9 heteroatoms. The Bertz CT molecular complexity index is 846. The second-order valence-electron chi connectivity index (χ2n) is 5.18. The van der Waals surface area contributed by atoms with Crippen LogP contribution in [0.4, 0.5) is 23.2 Å². The van der Waals surface area contributed by atoms with Crippen LogP contribution in [0.25, 0.3) is 0 Å². The highest BCUT2D eigenvalue weighted by molar-refractivity contribution is 6.02. The molecule has 0 heterocycles. The summed E-state index contributed by atoms with van der Waals surface area (Å²) in [5, 5.41) is 5.58. The minimum absolute atomic E-state index is 0.0655. The Morgan fingerprint density at radius 1 is 1.00 bits per heavy atom. The van der Waals surface area contributed by atoms with Crippen LogP contribution >= 0.6 is 0 Å². The predicted octanol–water partition coefficient (Wildman–Crippen LogP) is 3.48. The van der Waals surface area contributed by atoms with Crippen molar-refractivity contribution in [1.82, 2.24) is 5.43 Å².